The average Bonchev–Trinajstić information content (AvgIpc) is 2.57. The molecule has 0 radical (unpaired) electrons. The van der Waals surface area contributed by atoms with E-state index in [0.29, 0.717) is 16.3 Å². The topological polar surface area (TPSA) is 85.5 Å². The van der Waals surface area contributed by atoms with E-state index in [-0.39, 0.29) is 35.8 Å². The molecule has 6 nitrogen and oxygen atoms in total. The quantitative estimate of drug-likeness (QED) is 0.848. The van der Waals surface area contributed by atoms with Crippen LogP contribution in [0.5, 0.6) is 5.75 Å². The highest BCUT2D eigenvalue weighted by Gasteiger charge is 2.38. The number of ether oxygens (including phenoxy) is 1. The maximum Gasteiger partial charge on any atom is 0.270 e. The number of nitrogens with two attached hydrogens (primary N) is 1. The van der Waals surface area contributed by atoms with Gasteiger partial charge < -0.3 is 10.5 Å². The SMILES string of the molecule is CC(C)C1Oc2ccc(N)nc2N(CC(=O)c2ccc(Cl)cc2)C1=O. The Morgan fingerprint density at radius 2 is 1.96 bits per heavy atom. The number of carbonyl (C=O) groups excluding carboxylic acids is 2. The lowest BCUT2D eigenvalue weighted by atomic mass is 10.0. The Morgan fingerprint density at radius 3 is 2.60 bits per heavy atom. The first-order valence-electron chi connectivity index (χ1n) is 7.90. The molecule has 130 valence electrons. The van der Waals surface area contributed by atoms with E-state index >= 15 is 0 Å². The number of anilines is 2. The van der Waals surface area contributed by atoms with Crippen LogP contribution in [-0.4, -0.2) is 29.3 Å². The van der Waals surface area contributed by atoms with Crippen molar-refractivity contribution in [2.24, 2.45) is 5.92 Å². The van der Waals surface area contributed by atoms with E-state index in [1.54, 1.807) is 36.4 Å². The predicted molar refractivity (Wildman–Crippen MR) is 96.0 cm³/mol. The molecule has 0 saturated carbocycles. The molecule has 2 heterocycles. The van der Waals surface area contributed by atoms with Crippen molar-refractivity contribution in [1.29, 1.82) is 0 Å². The minimum absolute atomic E-state index is 0.0497. The fourth-order valence-corrected chi connectivity index (χ4v) is 2.75. The first-order chi connectivity index (χ1) is 11.9. The molecule has 0 fully saturated rings. The lowest BCUT2D eigenvalue weighted by molar-refractivity contribution is -0.128. The fraction of sp³-hybridized carbons (Fsp3) is 0.278. The van der Waals surface area contributed by atoms with Gasteiger partial charge in [-0.25, -0.2) is 4.98 Å². The van der Waals surface area contributed by atoms with Crippen LogP contribution >= 0.6 is 11.6 Å². The van der Waals surface area contributed by atoms with Crippen LogP contribution in [-0.2, 0) is 4.79 Å². The van der Waals surface area contributed by atoms with Gasteiger partial charge >= 0.3 is 0 Å². The molecule has 1 aromatic carbocycles. The number of nitrogen functional groups attached to an aromatic ring is 1. The van der Waals surface area contributed by atoms with Gasteiger partial charge in [0.2, 0.25) is 0 Å². The van der Waals surface area contributed by atoms with Gasteiger partial charge in [0.15, 0.2) is 23.5 Å². The normalized spacial score (nSPS) is 16.6. The number of amides is 1. The smallest absolute Gasteiger partial charge is 0.270 e. The number of hydrogen-bond donors (Lipinski definition) is 1. The number of hydrogen-bond acceptors (Lipinski definition) is 5. The summed E-state index contributed by atoms with van der Waals surface area (Å²) in [5.74, 6) is 0.390. The molecule has 0 saturated heterocycles. The highest BCUT2D eigenvalue weighted by atomic mass is 35.5. The molecular formula is C18H18ClN3O3. The minimum Gasteiger partial charge on any atom is -0.476 e. The molecule has 7 heteroatoms. The van der Waals surface area contributed by atoms with Crippen molar-refractivity contribution in [3.05, 3.63) is 47.0 Å². The number of Topliss-reactive ketones (excluding diaryl/α,β-unsaturated/α-hetero) is 1. The second-order valence-corrected chi connectivity index (χ2v) is 6.63. The number of nitrogens with zero attached hydrogens (tertiary/aromatic N) is 2. The van der Waals surface area contributed by atoms with Crippen LogP contribution in [0.15, 0.2) is 36.4 Å². The van der Waals surface area contributed by atoms with Gasteiger partial charge in [-0.05, 0) is 42.3 Å². The van der Waals surface area contributed by atoms with Crippen molar-refractivity contribution in [2.45, 2.75) is 20.0 Å². The second kappa shape index (κ2) is 6.72. The van der Waals surface area contributed by atoms with Gasteiger partial charge in [0.25, 0.3) is 5.91 Å². The van der Waals surface area contributed by atoms with Crippen LogP contribution in [0.3, 0.4) is 0 Å². The Hall–Kier alpha value is -2.60. The van der Waals surface area contributed by atoms with E-state index in [1.165, 1.54) is 4.90 Å². The summed E-state index contributed by atoms with van der Waals surface area (Å²) in [7, 11) is 0. The zero-order valence-electron chi connectivity index (χ0n) is 13.9. The maximum atomic E-state index is 12.8. The largest absolute Gasteiger partial charge is 0.476 e. The first kappa shape index (κ1) is 17.2. The molecular weight excluding hydrogens is 342 g/mol. The van der Waals surface area contributed by atoms with Gasteiger partial charge in [0.05, 0.1) is 6.54 Å². The highest BCUT2D eigenvalue weighted by Crippen LogP contribution is 2.34. The third-order valence-corrected chi connectivity index (χ3v) is 4.21. The Labute approximate surface area is 150 Å². The standard InChI is InChI=1S/C18H18ClN3O3/c1-10(2)16-18(24)22(17-14(25-16)7-8-15(20)21-17)9-13(23)11-3-5-12(19)6-4-11/h3-8,10,16H,9H2,1-2H3,(H2,20,21). The molecule has 1 aliphatic rings. The van der Waals surface area contributed by atoms with Gasteiger partial charge in [-0.2, -0.15) is 0 Å². The Bertz CT molecular complexity index is 821. The Balaban J connectivity index is 1.95. The number of fused-ring (bicyclic) bond motifs is 1. The summed E-state index contributed by atoms with van der Waals surface area (Å²) in [5, 5.41) is 0.540. The Kier molecular flexibility index (Phi) is 4.63. The minimum atomic E-state index is -0.670. The lowest BCUT2D eigenvalue weighted by Gasteiger charge is -2.34. The molecule has 3 rings (SSSR count). The third kappa shape index (κ3) is 3.44. The number of aromatic nitrogens is 1. The monoisotopic (exact) mass is 359 g/mol. The van der Waals surface area contributed by atoms with Gasteiger partial charge in [-0.1, -0.05) is 25.4 Å². The zero-order chi connectivity index (χ0) is 18.1. The summed E-state index contributed by atoms with van der Waals surface area (Å²) in [5.41, 5.74) is 6.21. The van der Waals surface area contributed by atoms with Gasteiger partial charge in [-0.3, -0.25) is 14.5 Å². The molecule has 0 aliphatic carbocycles. The average molecular weight is 360 g/mol. The van der Waals surface area contributed by atoms with Crippen LogP contribution in [0.2, 0.25) is 5.02 Å². The van der Waals surface area contributed by atoms with Crippen molar-refractivity contribution in [3.63, 3.8) is 0 Å². The van der Waals surface area contributed by atoms with Crippen molar-refractivity contribution in [1.82, 2.24) is 4.98 Å². The molecule has 2 N–H and O–H groups in total. The predicted octanol–water partition coefficient (Wildman–Crippen LogP) is 2.95. The first-order valence-corrected chi connectivity index (χ1v) is 8.28. The number of rotatable bonds is 4. The number of benzene rings is 1. The molecule has 0 spiro atoms. The molecule has 1 aliphatic heterocycles. The number of carbonyl (C=O) groups is 2. The summed E-state index contributed by atoms with van der Waals surface area (Å²) in [4.78, 5) is 30.9. The number of pyridine rings is 1. The van der Waals surface area contributed by atoms with E-state index in [9.17, 15) is 9.59 Å². The third-order valence-electron chi connectivity index (χ3n) is 3.95. The van der Waals surface area contributed by atoms with E-state index < -0.39 is 6.10 Å². The summed E-state index contributed by atoms with van der Waals surface area (Å²) < 4.78 is 5.76. The van der Waals surface area contributed by atoms with Crippen LogP contribution in [0, 0.1) is 5.92 Å². The molecule has 1 atom stereocenters. The second-order valence-electron chi connectivity index (χ2n) is 6.19. The Morgan fingerprint density at radius 1 is 1.28 bits per heavy atom. The highest BCUT2D eigenvalue weighted by molar-refractivity contribution is 6.30. The number of halogens is 1. The molecule has 0 bridgehead atoms. The van der Waals surface area contributed by atoms with Crippen molar-refractivity contribution in [2.75, 3.05) is 17.2 Å². The molecule has 2 aromatic rings. The van der Waals surface area contributed by atoms with Crippen molar-refractivity contribution in [3.8, 4) is 5.75 Å². The molecule has 1 amide bonds. The van der Waals surface area contributed by atoms with Gasteiger partial charge in [0, 0.05) is 10.6 Å². The van der Waals surface area contributed by atoms with E-state index in [2.05, 4.69) is 4.98 Å². The zero-order valence-corrected chi connectivity index (χ0v) is 14.7. The fourth-order valence-electron chi connectivity index (χ4n) is 2.63. The van der Waals surface area contributed by atoms with Crippen LogP contribution in [0.25, 0.3) is 0 Å². The summed E-state index contributed by atoms with van der Waals surface area (Å²) in [6.07, 6.45) is -0.670. The lowest BCUT2D eigenvalue weighted by Crippen LogP contribution is -2.50. The molecule has 1 aromatic heterocycles. The maximum absolute atomic E-state index is 12.8. The number of ketones is 1. The van der Waals surface area contributed by atoms with Crippen LogP contribution in [0.4, 0.5) is 11.6 Å². The van der Waals surface area contributed by atoms with E-state index in [4.69, 9.17) is 22.1 Å². The molecule has 25 heavy (non-hydrogen) atoms. The molecule has 1 unspecified atom stereocenters. The van der Waals surface area contributed by atoms with Crippen LogP contribution in [0.1, 0.15) is 24.2 Å². The van der Waals surface area contributed by atoms with Gasteiger partial charge in [0.1, 0.15) is 5.82 Å². The van der Waals surface area contributed by atoms with Crippen LogP contribution < -0.4 is 15.4 Å². The summed E-state index contributed by atoms with van der Waals surface area (Å²) in [6.45, 7) is 3.63. The van der Waals surface area contributed by atoms with Gasteiger partial charge in [-0.15, -0.1) is 0 Å². The van der Waals surface area contributed by atoms with E-state index in [0.717, 1.165) is 0 Å². The van der Waals surface area contributed by atoms with Crippen molar-refractivity contribution < 1.29 is 14.3 Å². The summed E-state index contributed by atoms with van der Waals surface area (Å²) >= 11 is 5.85. The van der Waals surface area contributed by atoms with Crippen molar-refractivity contribution >= 4 is 34.9 Å². The van der Waals surface area contributed by atoms with E-state index in [1.807, 2.05) is 13.8 Å². The summed E-state index contributed by atoms with van der Waals surface area (Å²) in [6, 6.07) is 9.80.